The highest BCUT2D eigenvalue weighted by Crippen LogP contribution is 2.39. The molecule has 15 atom stereocenters. The van der Waals surface area contributed by atoms with Crippen LogP contribution in [0.25, 0.3) is 0 Å². The number of fused-ring (bicyclic) bond motifs is 3. The van der Waals surface area contributed by atoms with Crippen molar-refractivity contribution < 1.29 is 57.9 Å². The summed E-state index contributed by atoms with van der Waals surface area (Å²) in [7, 11) is 4.61. The van der Waals surface area contributed by atoms with Crippen LogP contribution >= 0.6 is 0 Å². The highest BCUT2D eigenvalue weighted by Gasteiger charge is 2.53. The number of carbonyl (C=O) groups excluding carboxylic acids is 5. The first-order valence-electron chi connectivity index (χ1n) is 25.0. The van der Waals surface area contributed by atoms with Gasteiger partial charge in [-0.15, -0.1) is 10.2 Å². The summed E-state index contributed by atoms with van der Waals surface area (Å²) in [5.41, 5.74) is 1.27. The van der Waals surface area contributed by atoms with Crippen LogP contribution in [0.15, 0.2) is 53.9 Å². The first-order chi connectivity index (χ1) is 32.8. The van der Waals surface area contributed by atoms with E-state index in [1.54, 1.807) is 45.9 Å². The summed E-state index contributed by atoms with van der Waals surface area (Å²) in [4.78, 5) is 73.9. The second kappa shape index (κ2) is 25.7. The quantitative estimate of drug-likeness (QED) is 0.181. The number of aliphatic hydroxyl groups is 2. The maximum absolute atomic E-state index is 14.5. The van der Waals surface area contributed by atoms with Crippen LogP contribution in [0.3, 0.4) is 0 Å². The number of ether oxygens (including phenoxy) is 5. The molecule has 4 aliphatic rings. The van der Waals surface area contributed by atoms with Crippen molar-refractivity contribution in [1.82, 2.24) is 25.1 Å². The Morgan fingerprint density at radius 3 is 2.32 bits per heavy atom. The average Bonchev–Trinajstić information content (AvgIpc) is 3.88. The first kappa shape index (κ1) is 55.7. The monoisotopic (exact) mass is 966 g/mol. The minimum absolute atomic E-state index is 0.0168. The standard InChI is InChI=1S/C52H79N5O12/c1-31-16-12-11-13-17-32(2)43(65-8)28-39-21-19-37(7)52(64,69-39)49(61)50(62)56-23-15-14-18-41(56)51(63)68-44(34(4)26-38-20-22-40(45(27-38)66-9)57-54-30-53-55-57)29-42(58)33(3)25-36(6)47(60)48(67-10)46(59)35(5)24-31/h11-13,16-17,25,30-31,33-35,37-41,43-45,47-48,60,64H,14-15,18-24,26-29H2,1-10H3/b13-11+,16-12+,32-17+,36-25+/t31-,33-,34-,35+,37-,38+,39+,40+,41?,43+,44+,45-,47-,48+,52-/m1/s1. The Kier molecular flexibility index (Phi) is 20.8. The van der Waals surface area contributed by atoms with Crippen LogP contribution in [0.5, 0.6) is 0 Å². The lowest BCUT2D eigenvalue weighted by molar-refractivity contribution is -0.265. The number of rotatable bonds is 7. The van der Waals surface area contributed by atoms with E-state index in [1.165, 1.54) is 18.3 Å². The van der Waals surface area contributed by atoms with Crippen LogP contribution in [0, 0.1) is 35.5 Å². The second-order valence-corrected chi connectivity index (χ2v) is 20.3. The van der Waals surface area contributed by atoms with Crippen molar-refractivity contribution in [1.29, 1.82) is 0 Å². The number of Topliss-reactive ketones (excluding diaryl/α,β-unsaturated/α-hetero) is 3. The van der Waals surface area contributed by atoms with Crippen LogP contribution in [-0.4, -0.2) is 141 Å². The molecule has 17 heteroatoms. The molecular weight excluding hydrogens is 887 g/mol. The van der Waals surface area contributed by atoms with Crippen molar-refractivity contribution in [2.45, 2.75) is 180 Å². The Morgan fingerprint density at radius 2 is 1.64 bits per heavy atom. The number of hydrogen-bond acceptors (Lipinski definition) is 15. The van der Waals surface area contributed by atoms with Crippen molar-refractivity contribution in [2.75, 3.05) is 27.9 Å². The van der Waals surface area contributed by atoms with Gasteiger partial charge in [-0.2, -0.15) is 4.80 Å². The van der Waals surface area contributed by atoms with Gasteiger partial charge in [0.1, 0.15) is 30.1 Å². The molecule has 1 amide bonds. The van der Waals surface area contributed by atoms with Crippen molar-refractivity contribution in [3.63, 3.8) is 0 Å². The van der Waals surface area contributed by atoms with E-state index in [9.17, 15) is 34.2 Å². The molecule has 69 heavy (non-hydrogen) atoms. The molecule has 4 heterocycles. The van der Waals surface area contributed by atoms with E-state index >= 15 is 0 Å². The van der Waals surface area contributed by atoms with Gasteiger partial charge < -0.3 is 38.8 Å². The van der Waals surface area contributed by atoms with E-state index in [0.717, 1.165) is 18.4 Å². The Morgan fingerprint density at radius 1 is 0.884 bits per heavy atom. The lowest BCUT2D eigenvalue weighted by Gasteiger charge is -2.42. The molecule has 384 valence electrons. The highest BCUT2D eigenvalue weighted by molar-refractivity contribution is 6.39. The molecule has 2 bridgehead atoms. The molecule has 1 saturated carbocycles. The zero-order chi connectivity index (χ0) is 50.6. The van der Waals surface area contributed by atoms with Gasteiger partial charge in [-0.3, -0.25) is 19.2 Å². The van der Waals surface area contributed by atoms with Crippen LogP contribution in [0.4, 0.5) is 0 Å². The molecule has 0 radical (unpaired) electrons. The average molecular weight is 966 g/mol. The van der Waals surface area contributed by atoms with Gasteiger partial charge in [-0.05, 0) is 112 Å². The third-order valence-electron chi connectivity index (χ3n) is 15.1. The van der Waals surface area contributed by atoms with Gasteiger partial charge in [-0.1, -0.05) is 71.1 Å². The molecular formula is C52H79N5O12. The molecule has 1 aromatic rings. The molecule has 0 spiro atoms. The zero-order valence-corrected chi connectivity index (χ0v) is 42.5. The van der Waals surface area contributed by atoms with Gasteiger partial charge in [0.25, 0.3) is 11.7 Å². The number of carbonyl (C=O) groups is 5. The number of hydrogen-bond donors (Lipinski definition) is 2. The molecule has 2 N–H and O–H groups in total. The number of cyclic esters (lactones) is 1. The largest absolute Gasteiger partial charge is 0.460 e. The maximum atomic E-state index is 14.5. The summed E-state index contributed by atoms with van der Waals surface area (Å²) in [5, 5.41) is 35.7. The van der Waals surface area contributed by atoms with E-state index in [2.05, 4.69) is 15.4 Å². The van der Waals surface area contributed by atoms with Crippen LogP contribution in [0.2, 0.25) is 0 Å². The van der Waals surface area contributed by atoms with Gasteiger partial charge in [-0.25, -0.2) is 4.79 Å². The second-order valence-electron chi connectivity index (χ2n) is 20.3. The van der Waals surface area contributed by atoms with Gasteiger partial charge in [0.2, 0.25) is 5.79 Å². The Labute approximate surface area is 408 Å². The number of aliphatic hydroxyl groups excluding tert-OH is 1. The molecule has 17 nitrogen and oxygen atoms in total. The fraction of sp³-hybridized carbons (Fsp3) is 0.731. The number of amides is 1. The van der Waals surface area contributed by atoms with Crippen LogP contribution < -0.4 is 0 Å². The third-order valence-corrected chi connectivity index (χ3v) is 15.1. The van der Waals surface area contributed by atoms with E-state index in [4.69, 9.17) is 23.7 Å². The number of methoxy groups -OCH3 is 3. The van der Waals surface area contributed by atoms with Crippen molar-refractivity contribution in [3.8, 4) is 0 Å². The minimum Gasteiger partial charge on any atom is -0.460 e. The fourth-order valence-electron chi connectivity index (χ4n) is 10.7. The van der Waals surface area contributed by atoms with Crippen molar-refractivity contribution in [3.05, 3.63) is 53.9 Å². The van der Waals surface area contributed by atoms with Crippen molar-refractivity contribution >= 4 is 29.2 Å². The van der Waals surface area contributed by atoms with E-state index in [0.29, 0.717) is 56.9 Å². The number of piperidine rings is 1. The predicted octanol–water partition coefficient (Wildman–Crippen LogP) is 6.05. The van der Waals surface area contributed by atoms with Crippen molar-refractivity contribution in [2.24, 2.45) is 35.5 Å². The Hall–Kier alpha value is -4.26. The van der Waals surface area contributed by atoms with Crippen LogP contribution in [-0.2, 0) is 47.7 Å². The number of tetrazole rings is 1. The highest BCUT2D eigenvalue weighted by atomic mass is 16.6. The van der Waals surface area contributed by atoms with E-state index in [1.807, 2.05) is 58.1 Å². The SMILES string of the molecule is CO[C@H]1C[C@@H]2CC[C@@H](C)[C@@](O)(O2)C(=O)C(=O)N2CCCCC2C(=O)O[C@H]([C@H](C)C[C@@H]2CC[C@H](n3ncnn3)[C@H](OC)C2)CC(=O)[C@H](C)/C=C(\C)[C@@H](O)[C@@H](OC)C(=O)[C@@H](C)C[C@H](C)/C=C/C=C/C=C/1C. The molecule has 3 fully saturated rings. The number of nitrogens with zero attached hydrogens (tertiary/aromatic N) is 5. The maximum Gasteiger partial charge on any atom is 0.329 e. The molecule has 1 aromatic heterocycles. The first-order valence-corrected chi connectivity index (χ1v) is 25.0. The topological polar surface area (TPSA) is 219 Å². The number of esters is 1. The summed E-state index contributed by atoms with van der Waals surface area (Å²) in [6.07, 6.45) is 13.7. The van der Waals surface area contributed by atoms with Gasteiger partial charge in [0.05, 0.1) is 24.4 Å². The van der Waals surface area contributed by atoms with Gasteiger partial charge in [0, 0.05) is 58.5 Å². The molecule has 0 aromatic carbocycles. The lowest BCUT2D eigenvalue weighted by atomic mass is 9.77. The van der Waals surface area contributed by atoms with Gasteiger partial charge >= 0.3 is 5.97 Å². The molecule has 5 rings (SSSR count). The number of ketones is 3. The van der Waals surface area contributed by atoms with Gasteiger partial charge in [0.15, 0.2) is 12.1 Å². The summed E-state index contributed by atoms with van der Waals surface area (Å²) < 4.78 is 29.9. The summed E-state index contributed by atoms with van der Waals surface area (Å²) in [6, 6.07) is -1.24. The summed E-state index contributed by atoms with van der Waals surface area (Å²) in [5.74, 6) is -7.94. The molecule has 3 aliphatic heterocycles. The zero-order valence-electron chi connectivity index (χ0n) is 42.5. The molecule has 1 unspecified atom stereocenters. The predicted molar refractivity (Wildman–Crippen MR) is 256 cm³/mol. The third kappa shape index (κ3) is 14.2. The van der Waals surface area contributed by atoms with Crippen LogP contribution in [0.1, 0.15) is 132 Å². The number of aromatic nitrogens is 4. The van der Waals surface area contributed by atoms with E-state index < -0.39 is 77.8 Å². The van der Waals surface area contributed by atoms with E-state index in [-0.39, 0.29) is 60.9 Å². The number of allylic oxidation sites excluding steroid dienone is 6. The Balaban J connectivity index is 1.46. The summed E-state index contributed by atoms with van der Waals surface area (Å²) >= 11 is 0. The fourth-order valence-corrected chi connectivity index (χ4v) is 10.7. The summed E-state index contributed by atoms with van der Waals surface area (Å²) in [6.45, 7) is 12.8. The molecule has 1 aliphatic carbocycles. The normalized spacial score (nSPS) is 38.8. The molecule has 2 saturated heterocycles. The minimum atomic E-state index is -2.43. The lowest BCUT2D eigenvalue weighted by Crippen LogP contribution is -2.61. The Bertz CT molecular complexity index is 2020. The smallest absolute Gasteiger partial charge is 0.329 e.